The van der Waals surface area contributed by atoms with Crippen LogP contribution in [0.4, 0.5) is 22.0 Å². The van der Waals surface area contributed by atoms with Gasteiger partial charge in [-0.3, -0.25) is 4.79 Å². The van der Waals surface area contributed by atoms with Crippen LogP contribution in [-0.2, 0) is 25.5 Å². The normalized spacial score (nSPS) is 17.7. The van der Waals surface area contributed by atoms with Gasteiger partial charge in [-0.2, -0.15) is 8.78 Å². The molecule has 2 atom stereocenters. The number of hydrogen-bond donors (Lipinski definition) is 0. The van der Waals surface area contributed by atoms with Crippen LogP contribution < -0.4 is 9.47 Å². The summed E-state index contributed by atoms with van der Waals surface area (Å²) in [5, 5.41) is 0. The molecule has 0 radical (unpaired) electrons. The Hall–Kier alpha value is -3.21. The number of hydrogen-bond acceptors (Lipinski definition) is 6. The Morgan fingerprint density at radius 3 is 2.09 bits per heavy atom. The zero-order chi connectivity index (χ0) is 25.9. The summed E-state index contributed by atoms with van der Waals surface area (Å²) in [6.45, 7) is 5.17. The molecule has 0 amide bonds. The second-order valence-corrected chi connectivity index (χ2v) is 8.26. The average molecular weight is 502 g/mol. The molecule has 11 heteroatoms. The first-order chi connectivity index (χ1) is 16.4. The molecule has 1 aliphatic rings. The second kappa shape index (κ2) is 10.6. The lowest BCUT2D eigenvalue weighted by molar-refractivity contribution is -0.163. The van der Waals surface area contributed by atoms with Crippen molar-refractivity contribution in [3.05, 3.63) is 58.9 Å². The molecule has 1 heterocycles. The summed E-state index contributed by atoms with van der Waals surface area (Å²) in [5.41, 5.74) is 0.871. The Morgan fingerprint density at radius 1 is 1.00 bits per heavy atom. The predicted molar refractivity (Wildman–Crippen MR) is 111 cm³/mol. The Labute approximate surface area is 197 Å². The highest BCUT2D eigenvalue weighted by molar-refractivity contribution is 5.86. The molecule has 0 aromatic heterocycles. The van der Waals surface area contributed by atoms with E-state index in [-0.39, 0.29) is 6.42 Å². The molecule has 2 aromatic rings. The molecule has 2 aromatic carbocycles. The third-order valence-corrected chi connectivity index (χ3v) is 5.24. The number of ether oxygens (including phenoxy) is 4. The van der Waals surface area contributed by atoms with Crippen LogP contribution in [0.25, 0.3) is 0 Å². The van der Waals surface area contributed by atoms with Crippen LogP contribution >= 0.6 is 0 Å². The van der Waals surface area contributed by atoms with Crippen LogP contribution in [0.1, 0.15) is 39.2 Å². The molecule has 1 fully saturated rings. The summed E-state index contributed by atoms with van der Waals surface area (Å²) in [6, 6.07) is 7.12. The average Bonchev–Trinajstić information content (AvgIpc) is 3.09. The maximum Gasteiger partial charge on any atom is 0.338 e. The van der Waals surface area contributed by atoms with Crippen molar-refractivity contribution in [2.45, 2.75) is 51.9 Å². The van der Waals surface area contributed by atoms with Crippen LogP contribution in [0.15, 0.2) is 24.3 Å². The lowest BCUT2D eigenvalue weighted by atomic mass is 9.94. The topological polar surface area (TPSA) is 71.1 Å². The number of esters is 2. The zero-order valence-corrected chi connectivity index (χ0v) is 19.1. The molecular formula is C24H23F5O6. The first-order valence-corrected chi connectivity index (χ1v) is 10.8. The first-order valence-electron chi connectivity index (χ1n) is 10.8. The Bertz CT molecular complexity index is 1070. The van der Waals surface area contributed by atoms with Gasteiger partial charge < -0.3 is 18.9 Å². The molecule has 3 rings (SSSR count). The quantitative estimate of drug-likeness (QED) is 0.158. The first kappa shape index (κ1) is 26.4. The van der Waals surface area contributed by atoms with Crippen LogP contribution in [0, 0.1) is 35.0 Å². The van der Waals surface area contributed by atoms with Crippen molar-refractivity contribution < 1.29 is 50.5 Å². The van der Waals surface area contributed by atoms with Crippen molar-refractivity contribution in [1.29, 1.82) is 0 Å². The molecule has 0 saturated carbocycles. The van der Waals surface area contributed by atoms with Crippen molar-refractivity contribution >= 4 is 11.9 Å². The number of benzene rings is 2. The van der Waals surface area contributed by atoms with Crippen LogP contribution in [0.3, 0.4) is 0 Å². The standard InChI is InChI=1S/C24H23F5O6/c1-4-32-13-10-8-12(9-11-13)6-5-7-14(20-23(31)35-24(2,3)34-20)22(30)33-21-18(28)16(26)15(25)17(27)19(21)29/h8-11,14,20H,4-7H2,1-3H3/t14-,20+/m1/s1. The van der Waals surface area contributed by atoms with Gasteiger partial charge in [0.05, 0.1) is 12.5 Å². The van der Waals surface area contributed by atoms with Crippen LogP contribution in [0.5, 0.6) is 11.5 Å². The highest BCUT2D eigenvalue weighted by Crippen LogP contribution is 2.34. The fourth-order valence-electron chi connectivity index (χ4n) is 3.61. The minimum Gasteiger partial charge on any atom is -0.494 e. The number of carbonyl (C=O) groups is 2. The van der Waals surface area contributed by atoms with Crippen molar-refractivity contribution in [1.82, 2.24) is 0 Å². The van der Waals surface area contributed by atoms with E-state index in [0.29, 0.717) is 25.2 Å². The van der Waals surface area contributed by atoms with Gasteiger partial charge >= 0.3 is 11.9 Å². The van der Waals surface area contributed by atoms with E-state index < -0.39 is 64.6 Å². The molecule has 190 valence electrons. The molecule has 0 bridgehead atoms. The van der Waals surface area contributed by atoms with Gasteiger partial charge in [0.25, 0.3) is 0 Å². The smallest absolute Gasteiger partial charge is 0.338 e. The molecule has 35 heavy (non-hydrogen) atoms. The molecule has 0 spiro atoms. The number of rotatable bonds is 9. The largest absolute Gasteiger partial charge is 0.494 e. The van der Waals surface area contributed by atoms with E-state index in [0.717, 1.165) is 5.56 Å². The van der Waals surface area contributed by atoms with Gasteiger partial charge in [-0.15, -0.1) is 0 Å². The SMILES string of the molecule is CCOc1ccc(CCC[C@@H](C(=O)Oc2c(F)c(F)c(F)c(F)c2F)[C@@H]2OC(C)(C)OC2=O)cc1. The molecule has 6 nitrogen and oxygen atoms in total. The number of halogens is 5. The third-order valence-electron chi connectivity index (χ3n) is 5.24. The number of aryl methyl sites for hydroxylation is 1. The Kier molecular flexibility index (Phi) is 7.99. The predicted octanol–water partition coefficient (Wildman–Crippen LogP) is 5.00. The molecule has 0 N–H and O–H groups in total. The third kappa shape index (κ3) is 5.90. The monoisotopic (exact) mass is 502 g/mol. The fourth-order valence-corrected chi connectivity index (χ4v) is 3.61. The summed E-state index contributed by atoms with van der Waals surface area (Å²) in [7, 11) is 0. The van der Waals surface area contributed by atoms with E-state index in [1.807, 2.05) is 6.92 Å². The lowest BCUT2D eigenvalue weighted by Gasteiger charge is -2.21. The van der Waals surface area contributed by atoms with E-state index in [2.05, 4.69) is 4.74 Å². The Morgan fingerprint density at radius 2 is 1.57 bits per heavy atom. The summed E-state index contributed by atoms with van der Waals surface area (Å²) >= 11 is 0. The molecule has 0 aliphatic carbocycles. The molecule has 0 unspecified atom stereocenters. The summed E-state index contributed by atoms with van der Waals surface area (Å²) in [4.78, 5) is 25.1. The van der Waals surface area contributed by atoms with Gasteiger partial charge in [-0.05, 0) is 43.9 Å². The van der Waals surface area contributed by atoms with E-state index in [1.54, 1.807) is 24.3 Å². The van der Waals surface area contributed by atoms with E-state index in [1.165, 1.54) is 13.8 Å². The van der Waals surface area contributed by atoms with Crippen molar-refractivity contribution in [3.8, 4) is 11.5 Å². The number of carbonyl (C=O) groups excluding carboxylic acids is 2. The molecular weight excluding hydrogens is 479 g/mol. The van der Waals surface area contributed by atoms with Gasteiger partial charge in [0.2, 0.25) is 40.6 Å². The van der Waals surface area contributed by atoms with Crippen LogP contribution in [0.2, 0.25) is 0 Å². The lowest BCUT2D eigenvalue weighted by Crippen LogP contribution is -2.37. The summed E-state index contributed by atoms with van der Waals surface area (Å²) in [5.74, 6) is -17.8. The summed E-state index contributed by atoms with van der Waals surface area (Å²) in [6.07, 6.45) is -0.848. The van der Waals surface area contributed by atoms with E-state index >= 15 is 0 Å². The van der Waals surface area contributed by atoms with Crippen LogP contribution in [-0.4, -0.2) is 30.4 Å². The fraction of sp³-hybridized carbons (Fsp3) is 0.417. The minimum atomic E-state index is -2.39. The zero-order valence-electron chi connectivity index (χ0n) is 19.1. The second-order valence-electron chi connectivity index (χ2n) is 8.26. The van der Waals surface area contributed by atoms with Gasteiger partial charge in [0.15, 0.2) is 6.10 Å². The van der Waals surface area contributed by atoms with Crippen molar-refractivity contribution in [3.63, 3.8) is 0 Å². The molecule has 1 saturated heterocycles. The van der Waals surface area contributed by atoms with Gasteiger partial charge in [0, 0.05) is 13.8 Å². The van der Waals surface area contributed by atoms with E-state index in [4.69, 9.17) is 14.2 Å². The number of cyclic esters (lactones) is 1. The maximum absolute atomic E-state index is 14.0. The highest BCUT2D eigenvalue weighted by atomic mass is 19.2. The van der Waals surface area contributed by atoms with Gasteiger partial charge in [-0.25, -0.2) is 18.0 Å². The molecule has 1 aliphatic heterocycles. The van der Waals surface area contributed by atoms with Gasteiger partial charge in [-0.1, -0.05) is 12.1 Å². The van der Waals surface area contributed by atoms with E-state index in [9.17, 15) is 31.5 Å². The Balaban J connectivity index is 1.80. The summed E-state index contributed by atoms with van der Waals surface area (Å²) < 4.78 is 88.9. The van der Waals surface area contributed by atoms with Crippen molar-refractivity contribution in [2.75, 3.05) is 6.61 Å². The van der Waals surface area contributed by atoms with Crippen molar-refractivity contribution in [2.24, 2.45) is 5.92 Å². The minimum absolute atomic E-state index is 0.0721. The van der Waals surface area contributed by atoms with Gasteiger partial charge in [0.1, 0.15) is 5.75 Å². The maximum atomic E-state index is 14.0. The highest BCUT2D eigenvalue weighted by Gasteiger charge is 2.48.